The van der Waals surface area contributed by atoms with Gasteiger partial charge in [0.2, 0.25) is 0 Å². The minimum Gasteiger partial charge on any atom is -0.370 e. The van der Waals surface area contributed by atoms with Crippen molar-refractivity contribution in [3.8, 4) is 0 Å². The van der Waals surface area contributed by atoms with E-state index in [2.05, 4.69) is 58.0 Å². The molecule has 0 atom stereocenters. The number of hydrogen-bond donors (Lipinski definition) is 2. The molecule has 1 aliphatic rings. The van der Waals surface area contributed by atoms with Crippen molar-refractivity contribution >= 4 is 23.4 Å². The van der Waals surface area contributed by atoms with Gasteiger partial charge in [-0.3, -0.25) is 4.90 Å². The van der Waals surface area contributed by atoms with Gasteiger partial charge in [0.05, 0.1) is 0 Å². The lowest BCUT2D eigenvalue weighted by Crippen LogP contribution is -2.36. The van der Waals surface area contributed by atoms with Crippen LogP contribution in [0.15, 0.2) is 6.07 Å². The summed E-state index contributed by atoms with van der Waals surface area (Å²) in [6.07, 6.45) is 0. The fourth-order valence-electron chi connectivity index (χ4n) is 2.25. The molecule has 2 N–H and O–H groups in total. The lowest BCUT2D eigenvalue weighted by molar-refractivity contribution is 0.314. The summed E-state index contributed by atoms with van der Waals surface area (Å²) >= 11 is 2.05. The summed E-state index contributed by atoms with van der Waals surface area (Å²) < 4.78 is 0. The van der Waals surface area contributed by atoms with Crippen LogP contribution in [-0.4, -0.2) is 59.1 Å². The lowest BCUT2D eigenvalue weighted by Gasteiger charge is -2.26. The van der Waals surface area contributed by atoms with Gasteiger partial charge >= 0.3 is 0 Å². The van der Waals surface area contributed by atoms with Gasteiger partial charge in [0, 0.05) is 56.2 Å². The average molecular weight is 309 g/mol. The van der Waals surface area contributed by atoms with E-state index in [9.17, 15) is 0 Å². The molecule has 1 saturated heterocycles. The Morgan fingerprint density at radius 3 is 2.48 bits per heavy atom. The third kappa shape index (κ3) is 5.36. The summed E-state index contributed by atoms with van der Waals surface area (Å²) in [5.74, 6) is 5.59. The van der Waals surface area contributed by atoms with Crippen LogP contribution in [0, 0.1) is 0 Å². The first-order valence-electron chi connectivity index (χ1n) is 7.86. The standard InChI is InChI=1S/C15H27N5S/c1-4-16-13-11-14(19-15(18-13)12(2)3)17-5-6-20-7-9-21-10-8-20/h11-12H,4-10H2,1-3H3,(H2,16,17,18,19). The second-order valence-electron chi connectivity index (χ2n) is 5.56. The summed E-state index contributed by atoms with van der Waals surface area (Å²) in [6, 6.07) is 2.00. The van der Waals surface area contributed by atoms with E-state index in [-0.39, 0.29) is 0 Å². The van der Waals surface area contributed by atoms with E-state index >= 15 is 0 Å². The predicted octanol–water partition coefficient (Wildman–Crippen LogP) is 2.49. The van der Waals surface area contributed by atoms with Crippen molar-refractivity contribution < 1.29 is 0 Å². The van der Waals surface area contributed by atoms with Crippen LogP contribution < -0.4 is 10.6 Å². The van der Waals surface area contributed by atoms with Gasteiger partial charge in [-0.1, -0.05) is 13.8 Å². The highest BCUT2D eigenvalue weighted by Crippen LogP contribution is 2.17. The monoisotopic (exact) mass is 309 g/mol. The Morgan fingerprint density at radius 1 is 1.19 bits per heavy atom. The van der Waals surface area contributed by atoms with Crippen molar-refractivity contribution in [2.24, 2.45) is 0 Å². The van der Waals surface area contributed by atoms with Crippen LogP contribution in [0.2, 0.25) is 0 Å². The fraction of sp³-hybridized carbons (Fsp3) is 0.733. The van der Waals surface area contributed by atoms with Crippen molar-refractivity contribution in [2.75, 3.05) is 54.9 Å². The van der Waals surface area contributed by atoms with Crippen molar-refractivity contribution in [1.29, 1.82) is 0 Å². The minimum absolute atomic E-state index is 0.336. The molecule has 0 radical (unpaired) electrons. The third-order valence-corrected chi connectivity index (χ3v) is 4.40. The largest absolute Gasteiger partial charge is 0.370 e. The Kier molecular flexibility index (Phi) is 6.57. The number of nitrogens with one attached hydrogen (secondary N) is 2. The maximum atomic E-state index is 4.61. The van der Waals surface area contributed by atoms with Crippen molar-refractivity contribution in [2.45, 2.75) is 26.7 Å². The number of thioether (sulfide) groups is 1. The van der Waals surface area contributed by atoms with E-state index in [1.807, 2.05) is 6.07 Å². The van der Waals surface area contributed by atoms with Crippen LogP contribution in [-0.2, 0) is 0 Å². The minimum atomic E-state index is 0.336. The molecule has 0 saturated carbocycles. The van der Waals surface area contributed by atoms with E-state index in [4.69, 9.17) is 0 Å². The van der Waals surface area contributed by atoms with Gasteiger partial charge in [-0.25, -0.2) is 9.97 Å². The molecule has 0 unspecified atom stereocenters. The molecule has 1 aliphatic heterocycles. The van der Waals surface area contributed by atoms with Gasteiger partial charge in [0.15, 0.2) is 0 Å². The molecule has 0 spiro atoms. The molecule has 2 heterocycles. The zero-order chi connectivity index (χ0) is 15.1. The Morgan fingerprint density at radius 2 is 1.86 bits per heavy atom. The highest BCUT2D eigenvalue weighted by atomic mass is 32.2. The first-order valence-corrected chi connectivity index (χ1v) is 9.01. The Labute approximate surface area is 132 Å². The SMILES string of the molecule is CCNc1cc(NCCN2CCSCC2)nc(C(C)C)n1. The quantitative estimate of drug-likeness (QED) is 0.807. The average Bonchev–Trinajstić information content (AvgIpc) is 2.48. The topological polar surface area (TPSA) is 53.1 Å². The van der Waals surface area contributed by atoms with Gasteiger partial charge in [-0.05, 0) is 6.92 Å². The number of rotatable bonds is 7. The highest BCUT2D eigenvalue weighted by molar-refractivity contribution is 7.99. The van der Waals surface area contributed by atoms with Gasteiger partial charge in [0.1, 0.15) is 17.5 Å². The van der Waals surface area contributed by atoms with Crippen molar-refractivity contribution in [1.82, 2.24) is 14.9 Å². The zero-order valence-electron chi connectivity index (χ0n) is 13.4. The maximum absolute atomic E-state index is 4.61. The first kappa shape index (κ1) is 16.4. The first-order chi connectivity index (χ1) is 10.2. The van der Waals surface area contributed by atoms with Crippen LogP contribution in [0.5, 0.6) is 0 Å². The van der Waals surface area contributed by atoms with Crippen LogP contribution >= 0.6 is 11.8 Å². The molecule has 6 heteroatoms. The zero-order valence-corrected chi connectivity index (χ0v) is 14.2. The molecule has 1 aromatic heterocycles. The van der Waals surface area contributed by atoms with Gasteiger partial charge in [0.25, 0.3) is 0 Å². The summed E-state index contributed by atoms with van der Waals surface area (Å²) in [5.41, 5.74) is 0. The molecular weight excluding hydrogens is 282 g/mol. The van der Waals surface area contributed by atoms with Gasteiger partial charge in [-0.15, -0.1) is 0 Å². The van der Waals surface area contributed by atoms with Crippen molar-refractivity contribution in [3.05, 3.63) is 11.9 Å². The molecule has 0 aliphatic carbocycles. The summed E-state index contributed by atoms with van der Waals surface area (Å²) in [7, 11) is 0. The van der Waals surface area contributed by atoms with E-state index in [0.29, 0.717) is 5.92 Å². The summed E-state index contributed by atoms with van der Waals surface area (Å²) in [5, 5.41) is 6.73. The lowest BCUT2D eigenvalue weighted by atomic mass is 10.2. The smallest absolute Gasteiger partial charge is 0.135 e. The van der Waals surface area contributed by atoms with Crippen LogP contribution in [0.25, 0.3) is 0 Å². The Balaban J connectivity index is 1.91. The third-order valence-electron chi connectivity index (χ3n) is 3.46. The number of nitrogens with zero attached hydrogens (tertiary/aromatic N) is 3. The van der Waals surface area contributed by atoms with Gasteiger partial charge in [-0.2, -0.15) is 11.8 Å². The summed E-state index contributed by atoms with van der Waals surface area (Å²) in [6.45, 7) is 11.6. The van der Waals surface area contributed by atoms with Crippen LogP contribution in [0.1, 0.15) is 32.5 Å². The summed E-state index contributed by atoms with van der Waals surface area (Å²) in [4.78, 5) is 11.7. The number of anilines is 2. The van der Waals surface area contributed by atoms with E-state index in [0.717, 1.165) is 37.1 Å². The van der Waals surface area contributed by atoms with E-state index in [1.165, 1.54) is 24.6 Å². The molecule has 21 heavy (non-hydrogen) atoms. The molecule has 0 bridgehead atoms. The Hall–Kier alpha value is -1.01. The van der Waals surface area contributed by atoms with Crippen molar-refractivity contribution in [3.63, 3.8) is 0 Å². The fourth-order valence-corrected chi connectivity index (χ4v) is 3.23. The molecule has 0 aromatic carbocycles. The second-order valence-corrected chi connectivity index (χ2v) is 6.79. The van der Waals surface area contributed by atoms with E-state index < -0.39 is 0 Å². The normalized spacial score (nSPS) is 16.2. The van der Waals surface area contributed by atoms with Crippen LogP contribution in [0.4, 0.5) is 11.6 Å². The van der Waals surface area contributed by atoms with Gasteiger partial charge < -0.3 is 10.6 Å². The number of hydrogen-bond acceptors (Lipinski definition) is 6. The molecule has 118 valence electrons. The highest BCUT2D eigenvalue weighted by Gasteiger charge is 2.11. The molecule has 2 rings (SSSR count). The molecular formula is C15H27N5S. The Bertz CT molecular complexity index is 432. The molecule has 0 amide bonds. The molecule has 1 aromatic rings. The maximum Gasteiger partial charge on any atom is 0.135 e. The van der Waals surface area contributed by atoms with Crippen LogP contribution in [0.3, 0.4) is 0 Å². The predicted molar refractivity (Wildman–Crippen MR) is 92.5 cm³/mol. The second kappa shape index (κ2) is 8.44. The molecule has 5 nitrogen and oxygen atoms in total. The molecule has 1 fully saturated rings. The number of aromatic nitrogens is 2. The van der Waals surface area contributed by atoms with E-state index in [1.54, 1.807) is 0 Å².